The second-order valence-corrected chi connectivity index (χ2v) is 7.79. The molecule has 0 spiro atoms. The molecule has 0 unspecified atom stereocenters. The molecule has 0 radical (unpaired) electrons. The maximum Gasteiger partial charge on any atom is 0.238 e. The Kier molecular flexibility index (Phi) is 7.04. The number of piperidine rings is 1. The van der Waals surface area contributed by atoms with Gasteiger partial charge in [0.2, 0.25) is 11.7 Å². The zero-order chi connectivity index (χ0) is 23.2. The average Bonchev–Trinajstić information content (AvgIpc) is 3.35. The summed E-state index contributed by atoms with van der Waals surface area (Å²) in [7, 11) is 4.81. The highest BCUT2D eigenvalue weighted by Gasteiger charge is 2.24. The van der Waals surface area contributed by atoms with Gasteiger partial charge in [-0.2, -0.15) is 4.80 Å². The number of nitrogens with zero attached hydrogens (tertiary/aromatic N) is 5. The van der Waals surface area contributed by atoms with Gasteiger partial charge >= 0.3 is 0 Å². The van der Waals surface area contributed by atoms with Gasteiger partial charge in [-0.1, -0.05) is 0 Å². The summed E-state index contributed by atoms with van der Waals surface area (Å²) < 4.78 is 15.8. The lowest BCUT2D eigenvalue weighted by atomic mass is 10.1. The van der Waals surface area contributed by atoms with Crippen LogP contribution in [0.4, 0.5) is 5.69 Å². The molecule has 0 atom stereocenters. The van der Waals surface area contributed by atoms with Crippen molar-refractivity contribution in [2.75, 3.05) is 46.3 Å². The van der Waals surface area contributed by atoms with E-state index in [0.29, 0.717) is 23.9 Å². The first kappa shape index (κ1) is 22.5. The lowest BCUT2D eigenvalue weighted by Crippen LogP contribution is -2.40. The standard InChI is InChI=1S/C23H28N6O4/c1-31-19-7-5-17(6-8-19)24-22(30)15-28-12-10-18(11-13-28)29-26-23(25-27-29)16-4-9-20(32-2)21(14-16)33-3/h4-9,14,18H,10-13,15H2,1-3H3,(H,24,30). The Balaban J connectivity index is 1.30. The molecular formula is C23H28N6O4. The molecule has 1 amide bonds. The maximum atomic E-state index is 12.4. The Morgan fingerprint density at radius 1 is 1.00 bits per heavy atom. The van der Waals surface area contributed by atoms with Crippen LogP contribution in [0.5, 0.6) is 17.2 Å². The van der Waals surface area contributed by atoms with Crippen molar-refractivity contribution >= 4 is 11.6 Å². The molecule has 3 aromatic rings. The number of benzene rings is 2. The highest BCUT2D eigenvalue weighted by atomic mass is 16.5. The molecule has 1 aromatic heterocycles. The summed E-state index contributed by atoms with van der Waals surface area (Å²) in [6.07, 6.45) is 1.69. The summed E-state index contributed by atoms with van der Waals surface area (Å²) in [5.74, 6) is 2.53. The van der Waals surface area contributed by atoms with E-state index in [9.17, 15) is 4.79 Å². The van der Waals surface area contributed by atoms with Gasteiger partial charge in [-0.3, -0.25) is 9.69 Å². The van der Waals surface area contributed by atoms with Gasteiger partial charge in [-0.05, 0) is 60.5 Å². The highest BCUT2D eigenvalue weighted by Crippen LogP contribution is 2.31. The van der Waals surface area contributed by atoms with Crippen molar-refractivity contribution in [1.82, 2.24) is 25.1 Å². The van der Waals surface area contributed by atoms with E-state index in [1.54, 1.807) is 26.1 Å². The summed E-state index contributed by atoms with van der Waals surface area (Å²) in [6.45, 7) is 1.92. The maximum absolute atomic E-state index is 12.4. The number of likely N-dealkylation sites (tertiary alicyclic amines) is 1. The van der Waals surface area contributed by atoms with Gasteiger partial charge in [-0.15, -0.1) is 10.2 Å². The van der Waals surface area contributed by atoms with E-state index in [2.05, 4.69) is 25.6 Å². The van der Waals surface area contributed by atoms with Gasteiger partial charge in [0.25, 0.3) is 0 Å². The third-order valence-corrected chi connectivity index (χ3v) is 5.69. The van der Waals surface area contributed by atoms with Crippen molar-refractivity contribution in [3.8, 4) is 28.6 Å². The van der Waals surface area contributed by atoms with Crippen molar-refractivity contribution in [3.63, 3.8) is 0 Å². The molecule has 2 heterocycles. The molecule has 4 rings (SSSR count). The molecule has 1 aliphatic heterocycles. The van der Waals surface area contributed by atoms with Crippen molar-refractivity contribution in [1.29, 1.82) is 0 Å². The Bertz CT molecular complexity index is 1080. The molecule has 33 heavy (non-hydrogen) atoms. The summed E-state index contributed by atoms with van der Waals surface area (Å²) in [4.78, 5) is 16.2. The van der Waals surface area contributed by atoms with Crippen molar-refractivity contribution < 1.29 is 19.0 Å². The first-order chi connectivity index (χ1) is 16.1. The predicted molar refractivity (Wildman–Crippen MR) is 123 cm³/mol. The SMILES string of the molecule is COc1ccc(NC(=O)CN2CCC(n3nnc(-c4ccc(OC)c(OC)c4)n3)CC2)cc1. The van der Waals surface area contributed by atoms with E-state index in [1.807, 2.05) is 42.5 Å². The quantitative estimate of drug-likeness (QED) is 0.556. The lowest BCUT2D eigenvalue weighted by Gasteiger charge is -2.30. The fourth-order valence-electron chi connectivity index (χ4n) is 3.86. The zero-order valence-electron chi connectivity index (χ0n) is 19.0. The molecule has 1 N–H and O–H groups in total. The molecule has 1 saturated heterocycles. The lowest BCUT2D eigenvalue weighted by molar-refractivity contribution is -0.117. The van der Waals surface area contributed by atoms with Crippen molar-refractivity contribution in [3.05, 3.63) is 42.5 Å². The van der Waals surface area contributed by atoms with Gasteiger partial charge in [0.15, 0.2) is 11.5 Å². The smallest absolute Gasteiger partial charge is 0.238 e. The Labute approximate surface area is 192 Å². The first-order valence-corrected chi connectivity index (χ1v) is 10.8. The second-order valence-electron chi connectivity index (χ2n) is 7.79. The van der Waals surface area contributed by atoms with Gasteiger partial charge in [0.05, 0.1) is 33.9 Å². The van der Waals surface area contributed by atoms with Crippen LogP contribution in [0.2, 0.25) is 0 Å². The largest absolute Gasteiger partial charge is 0.497 e. The van der Waals surface area contributed by atoms with E-state index in [1.165, 1.54) is 0 Å². The molecule has 174 valence electrons. The van der Waals surface area contributed by atoms with E-state index < -0.39 is 0 Å². The molecule has 1 aliphatic rings. The summed E-state index contributed by atoms with van der Waals surface area (Å²) >= 11 is 0. The van der Waals surface area contributed by atoms with Crippen LogP contribution in [-0.2, 0) is 4.79 Å². The van der Waals surface area contributed by atoms with E-state index in [0.717, 1.165) is 42.9 Å². The Hall–Kier alpha value is -3.66. The number of aromatic nitrogens is 4. The zero-order valence-corrected chi connectivity index (χ0v) is 19.0. The minimum absolute atomic E-state index is 0.0340. The predicted octanol–water partition coefficient (Wildman–Crippen LogP) is 2.64. The number of anilines is 1. The number of ether oxygens (including phenoxy) is 3. The van der Waals surface area contributed by atoms with Crippen LogP contribution in [0.1, 0.15) is 18.9 Å². The van der Waals surface area contributed by atoms with Crippen LogP contribution in [-0.4, -0.2) is 72.0 Å². The van der Waals surface area contributed by atoms with Crippen LogP contribution in [0.15, 0.2) is 42.5 Å². The third-order valence-electron chi connectivity index (χ3n) is 5.69. The molecule has 1 fully saturated rings. The normalized spacial score (nSPS) is 14.6. The number of rotatable bonds is 8. The van der Waals surface area contributed by atoms with Gasteiger partial charge in [0, 0.05) is 24.3 Å². The van der Waals surface area contributed by atoms with Gasteiger partial charge in [-0.25, -0.2) is 0 Å². The van der Waals surface area contributed by atoms with Gasteiger partial charge in [0.1, 0.15) is 5.75 Å². The number of hydrogen-bond donors (Lipinski definition) is 1. The monoisotopic (exact) mass is 452 g/mol. The minimum atomic E-state index is -0.0340. The van der Waals surface area contributed by atoms with Crippen LogP contribution in [0.25, 0.3) is 11.4 Å². The molecular weight excluding hydrogens is 424 g/mol. The Morgan fingerprint density at radius 3 is 2.39 bits per heavy atom. The first-order valence-electron chi connectivity index (χ1n) is 10.8. The highest BCUT2D eigenvalue weighted by molar-refractivity contribution is 5.92. The number of amides is 1. The van der Waals surface area contributed by atoms with Gasteiger partial charge < -0.3 is 19.5 Å². The third kappa shape index (κ3) is 5.40. The topological polar surface area (TPSA) is 104 Å². The summed E-state index contributed by atoms with van der Waals surface area (Å²) in [5.41, 5.74) is 1.57. The minimum Gasteiger partial charge on any atom is -0.497 e. The molecule has 10 nitrogen and oxygen atoms in total. The van der Waals surface area contributed by atoms with Crippen molar-refractivity contribution in [2.45, 2.75) is 18.9 Å². The van der Waals surface area contributed by atoms with E-state index >= 15 is 0 Å². The fourth-order valence-corrected chi connectivity index (χ4v) is 3.86. The second kappa shape index (κ2) is 10.3. The summed E-state index contributed by atoms with van der Waals surface area (Å²) in [6, 6.07) is 13.0. The molecule has 0 aliphatic carbocycles. The summed E-state index contributed by atoms with van der Waals surface area (Å²) in [5, 5.41) is 16.0. The van der Waals surface area contributed by atoms with Crippen LogP contribution in [0, 0.1) is 0 Å². The number of tetrazole rings is 1. The Morgan fingerprint density at radius 2 is 1.73 bits per heavy atom. The number of carbonyl (C=O) groups is 1. The fraction of sp³-hybridized carbons (Fsp3) is 0.391. The molecule has 0 bridgehead atoms. The molecule has 0 saturated carbocycles. The number of carbonyl (C=O) groups excluding carboxylic acids is 1. The van der Waals surface area contributed by atoms with Crippen molar-refractivity contribution in [2.24, 2.45) is 0 Å². The number of hydrogen-bond acceptors (Lipinski definition) is 8. The number of nitrogens with one attached hydrogen (secondary N) is 1. The van der Waals surface area contributed by atoms with Crippen LogP contribution >= 0.6 is 0 Å². The average molecular weight is 453 g/mol. The van der Waals surface area contributed by atoms with Crippen LogP contribution in [0.3, 0.4) is 0 Å². The van der Waals surface area contributed by atoms with E-state index in [-0.39, 0.29) is 11.9 Å². The van der Waals surface area contributed by atoms with Crippen LogP contribution < -0.4 is 19.5 Å². The number of methoxy groups -OCH3 is 3. The van der Waals surface area contributed by atoms with E-state index in [4.69, 9.17) is 14.2 Å². The molecule has 2 aromatic carbocycles. The molecule has 10 heteroatoms.